The second kappa shape index (κ2) is 23.8. The number of Topliss-reactive ketones (excluding diaryl/α,β-unsaturated/α-hetero) is 1. The number of ketones is 1. The Kier molecular flexibility index (Phi) is 23.1. The van der Waals surface area contributed by atoms with Gasteiger partial charge in [0.15, 0.2) is 5.78 Å². The van der Waals surface area contributed by atoms with Gasteiger partial charge in [0.25, 0.3) is 0 Å². The van der Waals surface area contributed by atoms with Crippen LogP contribution in [0, 0.1) is 0 Å². The van der Waals surface area contributed by atoms with Gasteiger partial charge in [-0.05, 0) is 19.9 Å². The fraction of sp³-hybridized carbons (Fsp3) is 0.926. The monoisotopic (exact) mass is 439 g/mol. The van der Waals surface area contributed by atoms with E-state index in [0.29, 0.717) is 12.8 Å². The molecule has 31 heavy (non-hydrogen) atoms. The lowest BCUT2D eigenvalue weighted by Crippen LogP contribution is -2.38. The van der Waals surface area contributed by atoms with Gasteiger partial charge in [-0.2, -0.15) is 0 Å². The first-order valence-corrected chi connectivity index (χ1v) is 13.5. The van der Waals surface area contributed by atoms with E-state index < -0.39 is 0 Å². The van der Waals surface area contributed by atoms with Crippen LogP contribution < -0.4 is 5.32 Å². The molecule has 0 saturated carbocycles. The summed E-state index contributed by atoms with van der Waals surface area (Å²) in [5, 5.41) is 3.00. The molecule has 0 aliphatic carbocycles. The highest BCUT2D eigenvalue weighted by molar-refractivity contribution is 5.84. The molecule has 0 fully saturated rings. The highest BCUT2D eigenvalue weighted by Gasteiger charge is 2.17. The Labute approximate surface area is 193 Å². The van der Waals surface area contributed by atoms with E-state index in [1.165, 1.54) is 89.9 Å². The lowest BCUT2D eigenvalue weighted by Gasteiger charge is -2.15. The van der Waals surface area contributed by atoms with Crippen LogP contribution in [-0.4, -0.2) is 31.4 Å². The van der Waals surface area contributed by atoms with Crippen LogP contribution in [0.2, 0.25) is 0 Å². The number of carbonyl (C=O) groups excluding carboxylic acids is 2. The molecular formula is C27H53NO3. The van der Waals surface area contributed by atoms with Crippen molar-refractivity contribution in [1.82, 2.24) is 5.32 Å². The van der Waals surface area contributed by atoms with Crippen molar-refractivity contribution in [2.45, 2.75) is 148 Å². The third kappa shape index (κ3) is 20.7. The van der Waals surface area contributed by atoms with Crippen LogP contribution in [0.4, 0.5) is 0 Å². The van der Waals surface area contributed by atoms with Gasteiger partial charge in [0.2, 0.25) is 0 Å². The topological polar surface area (TPSA) is 55.4 Å². The average Bonchev–Trinajstić information content (AvgIpc) is 2.77. The number of hydrogen-bond donors (Lipinski definition) is 1. The van der Waals surface area contributed by atoms with Gasteiger partial charge in [-0.15, -0.1) is 0 Å². The highest BCUT2D eigenvalue weighted by Crippen LogP contribution is 2.13. The zero-order valence-electron chi connectivity index (χ0n) is 21.2. The number of esters is 1. The van der Waals surface area contributed by atoms with Gasteiger partial charge in [-0.25, -0.2) is 0 Å². The largest absolute Gasteiger partial charge is 0.464 e. The third-order valence-corrected chi connectivity index (χ3v) is 6.16. The number of ether oxygens (including phenoxy) is 1. The summed E-state index contributed by atoms with van der Waals surface area (Å²) in [6, 6.07) is -0.359. The lowest BCUT2D eigenvalue weighted by molar-refractivity contribution is -0.145. The molecule has 1 atom stereocenters. The first-order valence-electron chi connectivity index (χ1n) is 13.5. The predicted molar refractivity (Wildman–Crippen MR) is 133 cm³/mol. The Morgan fingerprint density at radius 2 is 1.00 bits per heavy atom. The van der Waals surface area contributed by atoms with E-state index >= 15 is 0 Å². The van der Waals surface area contributed by atoms with Crippen molar-refractivity contribution in [1.29, 1.82) is 0 Å². The van der Waals surface area contributed by atoms with Crippen LogP contribution in [-0.2, 0) is 14.3 Å². The van der Waals surface area contributed by atoms with Crippen LogP contribution in [0.15, 0.2) is 0 Å². The fourth-order valence-electron chi connectivity index (χ4n) is 3.95. The summed E-state index contributed by atoms with van der Waals surface area (Å²) in [7, 11) is 1.76. The van der Waals surface area contributed by atoms with Crippen LogP contribution in [0.1, 0.15) is 142 Å². The summed E-state index contributed by atoms with van der Waals surface area (Å²) in [6.07, 6.45) is 23.6. The summed E-state index contributed by atoms with van der Waals surface area (Å²) in [4.78, 5) is 24.2. The molecule has 0 aromatic carbocycles. The highest BCUT2D eigenvalue weighted by atomic mass is 16.5. The van der Waals surface area contributed by atoms with Crippen LogP contribution >= 0.6 is 0 Å². The van der Waals surface area contributed by atoms with Crippen molar-refractivity contribution in [3.63, 3.8) is 0 Å². The van der Waals surface area contributed by atoms with Gasteiger partial charge in [-0.1, -0.05) is 117 Å². The molecule has 4 heteroatoms. The standard InChI is InChI=1S/C27H53NO3/c1-4-6-8-10-11-12-13-14-15-16-17-19-21-23-27(30)31-24-25(28-3)26(29)22-20-18-9-7-5-2/h25,28H,4-24H2,1-3H3. The minimum atomic E-state index is -0.359. The van der Waals surface area contributed by atoms with E-state index in [2.05, 4.69) is 19.2 Å². The van der Waals surface area contributed by atoms with Gasteiger partial charge >= 0.3 is 5.97 Å². The summed E-state index contributed by atoms with van der Waals surface area (Å²) < 4.78 is 5.35. The van der Waals surface area contributed by atoms with Gasteiger partial charge in [-0.3, -0.25) is 9.59 Å². The Balaban J connectivity index is 3.54. The average molecular weight is 440 g/mol. The molecule has 0 aromatic rings. The van der Waals surface area contributed by atoms with E-state index in [9.17, 15) is 9.59 Å². The first-order chi connectivity index (χ1) is 15.2. The van der Waals surface area contributed by atoms with Crippen molar-refractivity contribution in [3.05, 3.63) is 0 Å². The molecule has 1 unspecified atom stereocenters. The molecule has 0 aliphatic heterocycles. The molecule has 0 amide bonds. The van der Waals surface area contributed by atoms with E-state index in [0.717, 1.165) is 25.7 Å². The van der Waals surface area contributed by atoms with Crippen molar-refractivity contribution in [3.8, 4) is 0 Å². The Hall–Kier alpha value is -0.900. The molecule has 0 aromatic heterocycles. The quantitative estimate of drug-likeness (QED) is 0.125. The molecule has 0 aliphatic rings. The Morgan fingerprint density at radius 3 is 1.42 bits per heavy atom. The predicted octanol–water partition coefficient (Wildman–Crippen LogP) is 7.53. The molecule has 0 rings (SSSR count). The fourth-order valence-corrected chi connectivity index (χ4v) is 3.95. The minimum absolute atomic E-state index is 0.160. The zero-order chi connectivity index (χ0) is 23.0. The maximum absolute atomic E-state index is 12.3. The SMILES string of the molecule is CCCCCCCCCCCCCCCC(=O)OCC(NC)C(=O)CCCCCCC. The first kappa shape index (κ1) is 30.1. The molecule has 0 radical (unpaired) electrons. The second-order valence-electron chi connectivity index (χ2n) is 9.15. The number of rotatable bonds is 24. The number of carbonyl (C=O) groups is 2. The number of hydrogen-bond acceptors (Lipinski definition) is 4. The molecule has 4 nitrogen and oxygen atoms in total. The molecule has 1 N–H and O–H groups in total. The maximum atomic E-state index is 12.3. The summed E-state index contributed by atoms with van der Waals surface area (Å²) >= 11 is 0. The third-order valence-electron chi connectivity index (χ3n) is 6.16. The normalized spacial score (nSPS) is 12.1. The van der Waals surface area contributed by atoms with E-state index in [1.54, 1.807) is 7.05 Å². The maximum Gasteiger partial charge on any atom is 0.305 e. The summed E-state index contributed by atoms with van der Waals surface area (Å²) in [5.74, 6) is -0.00757. The van der Waals surface area contributed by atoms with Crippen LogP contribution in [0.25, 0.3) is 0 Å². The van der Waals surface area contributed by atoms with Crippen molar-refractivity contribution < 1.29 is 14.3 Å². The van der Waals surface area contributed by atoms with Crippen LogP contribution in [0.5, 0.6) is 0 Å². The molecule has 0 bridgehead atoms. The van der Waals surface area contributed by atoms with E-state index in [-0.39, 0.29) is 24.4 Å². The number of nitrogens with one attached hydrogen (secondary N) is 1. The van der Waals surface area contributed by atoms with Gasteiger partial charge in [0, 0.05) is 12.8 Å². The summed E-state index contributed by atoms with van der Waals surface area (Å²) in [6.45, 7) is 4.62. The van der Waals surface area contributed by atoms with Crippen LogP contribution in [0.3, 0.4) is 0 Å². The minimum Gasteiger partial charge on any atom is -0.464 e. The van der Waals surface area contributed by atoms with E-state index in [1.807, 2.05) is 0 Å². The zero-order valence-corrected chi connectivity index (χ0v) is 21.2. The number of unbranched alkanes of at least 4 members (excludes halogenated alkanes) is 16. The molecule has 184 valence electrons. The van der Waals surface area contributed by atoms with Gasteiger partial charge in [0.05, 0.1) is 0 Å². The molecule has 0 saturated heterocycles. The lowest BCUT2D eigenvalue weighted by atomic mass is 10.0. The second-order valence-corrected chi connectivity index (χ2v) is 9.15. The van der Waals surface area contributed by atoms with Crippen molar-refractivity contribution in [2.24, 2.45) is 0 Å². The summed E-state index contributed by atoms with van der Waals surface area (Å²) in [5.41, 5.74) is 0. The Morgan fingerprint density at radius 1 is 0.613 bits per heavy atom. The Bertz CT molecular complexity index is 411. The molecule has 0 heterocycles. The smallest absolute Gasteiger partial charge is 0.305 e. The molecule has 0 spiro atoms. The van der Waals surface area contributed by atoms with E-state index in [4.69, 9.17) is 4.74 Å². The van der Waals surface area contributed by atoms with Gasteiger partial charge in [0.1, 0.15) is 12.6 Å². The van der Waals surface area contributed by atoms with Crippen molar-refractivity contribution >= 4 is 11.8 Å². The molecular weight excluding hydrogens is 386 g/mol. The van der Waals surface area contributed by atoms with Gasteiger partial charge < -0.3 is 10.1 Å². The number of likely N-dealkylation sites (N-methyl/N-ethyl adjacent to an activating group) is 1. The van der Waals surface area contributed by atoms with Crippen molar-refractivity contribution in [2.75, 3.05) is 13.7 Å².